The molecule has 0 aliphatic carbocycles. The summed E-state index contributed by atoms with van der Waals surface area (Å²) in [7, 11) is 0. The smallest absolute Gasteiger partial charge is 0.320 e. The van der Waals surface area contributed by atoms with Crippen molar-refractivity contribution in [2.45, 2.75) is 71.9 Å². The van der Waals surface area contributed by atoms with Gasteiger partial charge in [0.1, 0.15) is 6.04 Å². The normalized spacial score (nSPS) is 15.1. The van der Waals surface area contributed by atoms with Crippen LogP contribution in [0.1, 0.15) is 59.8 Å². The summed E-state index contributed by atoms with van der Waals surface area (Å²) in [5.41, 5.74) is 0. The molecule has 0 aromatic carbocycles. The summed E-state index contributed by atoms with van der Waals surface area (Å²) >= 11 is 0. The molecule has 0 heterocycles. The zero-order chi connectivity index (χ0) is 12.6. The average molecular weight is 229 g/mol. The lowest BCUT2D eigenvalue weighted by Crippen LogP contribution is -2.46. The van der Waals surface area contributed by atoms with Crippen LogP contribution in [0.5, 0.6) is 0 Å². The fourth-order valence-electron chi connectivity index (χ4n) is 1.96. The van der Waals surface area contributed by atoms with Gasteiger partial charge in [-0.3, -0.25) is 9.69 Å². The Bertz CT molecular complexity index is 194. The van der Waals surface area contributed by atoms with Crippen LogP contribution in [-0.4, -0.2) is 34.6 Å². The molecule has 2 atom stereocenters. The quantitative estimate of drug-likeness (QED) is 0.660. The molecule has 0 aliphatic rings. The monoisotopic (exact) mass is 229 g/mol. The second-order valence-corrected chi connectivity index (χ2v) is 4.49. The molecular formula is C13H27NO2. The molecule has 0 amide bonds. The minimum atomic E-state index is -0.668. The van der Waals surface area contributed by atoms with Gasteiger partial charge in [0.2, 0.25) is 0 Å². The van der Waals surface area contributed by atoms with Gasteiger partial charge < -0.3 is 5.11 Å². The molecule has 0 saturated heterocycles. The number of unbranched alkanes of at least 4 members (excludes halogenated alkanes) is 1. The molecule has 96 valence electrons. The third kappa shape index (κ3) is 4.97. The van der Waals surface area contributed by atoms with E-state index in [0.29, 0.717) is 6.04 Å². The highest BCUT2D eigenvalue weighted by molar-refractivity contribution is 5.73. The Labute approximate surface area is 99.8 Å². The van der Waals surface area contributed by atoms with Crippen molar-refractivity contribution in [1.29, 1.82) is 0 Å². The number of carboxylic acid groups (broad SMARTS) is 1. The maximum Gasteiger partial charge on any atom is 0.320 e. The van der Waals surface area contributed by atoms with E-state index in [0.717, 1.165) is 38.6 Å². The predicted molar refractivity (Wildman–Crippen MR) is 67.7 cm³/mol. The van der Waals surface area contributed by atoms with Crippen LogP contribution >= 0.6 is 0 Å². The Morgan fingerprint density at radius 2 is 1.88 bits per heavy atom. The van der Waals surface area contributed by atoms with Crippen LogP contribution in [0.25, 0.3) is 0 Å². The number of carbonyl (C=O) groups is 1. The Morgan fingerprint density at radius 1 is 1.25 bits per heavy atom. The molecule has 0 radical (unpaired) electrons. The third-order valence-corrected chi connectivity index (χ3v) is 3.17. The maximum absolute atomic E-state index is 11.3. The van der Waals surface area contributed by atoms with Crippen molar-refractivity contribution < 1.29 is 9.90 Å². The van der Waals surface area contributed by atoms with Crippen LogP contribution in [0, 0.1) is 0 Å². The third-order valence-electron chi connectivity index (χ3n) is 3.17. The van der Waals surface area contributed by atoms with Gasteiger partial charge in [-0.15, -0.1) is 0 Å². The van der Waals surface area contributed by atoms with Gasteiger partial charge in [-0.1, -0.05) is 33.6 Å². The van der Waals surface area contributed by atoms with E-state index in [1.54, 1.807) is 0 Å². The van der Waals surface area contributed by atoms with Crippen LogP contribution in [0.2, 0.25) is 0 Å². The van der Waals surface area contributed by atoms with Crippen molar-refractivity contribution in [2.24, 2.45) is 0 Å². The standard InChI is InChI=1S/C13H27NO2/c1-5-8-10-14(11(4)7-3)12(9-6-2)13(15)16/h11-12H,5-10H2,1-4H3,(H,15,16). The second kappa shape index (κ2) is 8.57. The average Bonchev–Trinajstić information content (AvgIpc) is 2.27. The molecule has 3 heteroatoms. The van der Waals surface area contributed by atoms with Crippen LogP contribution in [0.3, 0.4) is 0 Å². The highest BCUT2D eigenvalue weighted by Crippen LogP contribution is 2.15. The molecule has 3 nitrogen and oxygen atoms in total. The van der Waals surface area contributed by atoms with E-state index in [-0.39, 0.29) is 6.04 Å². The Morgan fingerprint density at radius 3 is 2.25 bits per heavy atom. The van der Waals surface area contributed by atoms with Crippen molar-refractivity contribution in [3.05, 3.63) is 0 Å². The maximum atomic E-state index is 11.3. The Kier molecular flexibility index (Phi) is 8.26. The molecule has 0 spiro atoms. The van der Waals surface area contributed by atoms with Crippen molar-refractivity contribution in [3.63, 3.8) is 0 Å². The zero-order valence-corrected chi connectivity index (χ0v) is 11.2. The molecule has 2 unspecified atom stereocenters. The van der Waals surface area contributed by atoms with Gasteiger partial charge in [0.25, 0.3) is 0 Å². The summed E-state index contributed by atoms with van der Waals surface area (Å²) in [5.74, 6) is -0.668. The highest BCUT2D eigenvalue weighted by atomic mass is 16.4. The lowest BCUT2D eigenvalue weighted by molar-refractivity contribution is -0.144. The molecule has 0 aromatic rings. The summed E-state index contributed by atoms with van der Waals surface area (Å²) < 4.78 is 0. The van der Waals surface area contributed by atoms with Crippen LogP contribution < -0.4 is 0 Å². The van der Waals surface area contributed by atoms with Gasteiger partial charge in [0, 0.05) is 6.04 Å². The molecule has 16 heavy (non-hydrogen) atoms. The van der Waals surface area contributed by atoms with E-state index in [4.69, 9.17) is 0 Å². The predicted octanol–water partition coefficient (Wildman–Crippen LogP) is 3.14. The molecular weight excluding hydrogens is 202 g/mol. The van der Waals surface area contributed by atoms with Crippen LogP contribution in [-0.2, 0) is 4.79 Å². The zero-order valence-electron chi connectivity index (χ0n) is 11.2. The van der Waals surface area contributed by atoms with Gasteiger partial charge in [0.05, 0.1) is 0 Å². The van der Waals surface area contributed by atoms with Gasteiger partial charge >= 0.3 is 5.97 Å². The first kappa shape index (κ1) is 15.4. The fraction of sp³-hybridized carbons (Fsp3) is 0.923. The summed E-state index contributed by atoms with van der Waals surface area (Å²) in [6.07, 6.45) is 4.89. The molecule has 0 aromatic heterocycles. The lowest BCUT2D eigenvalue weighted by Gasteiger charge is -2.33. The SMILES string of the molecule is CCCCN(C(C)CC)C(CCC)C(=O)O. The number of carboxylic acids is 1. The lowest BCUT2D eigenvalue weighted by atomic mass is 10.1. The van der Waals surface area contributed by atoms with Crippen molar-refractivity contribution in [1.82, 2.24) is 4.90 Å². The fourth-order valence-corrected chi connectivity index (χ4v) is 1.96. The highest BCUT2D eigenvalue weighted by Gasteiger charge is 2.27. The van der Waals surface area contributed by atoms with E-state index in [9.17, 15) is 9.90 Å². The Hall–Kier alpha value is -0.570. The van der Waals surface area contributed by atoms with E-state index >= 15 is 0 Å². The topological polar surface area (TPSA) is 40.5 Å². The molecule has 1 N–H and O–H groups in total. The van der Waals surface area contributed by atoms with Crippen molar-refractivity contribution in [3.8, 4) is 0 Å². The molecule has 0 saturated carbocycles. The van der Waals surface area contributed by atoms with Gasteiger partial charge in [-0.25, -0.2) is 0 Å². The van der Waals surface area contributed by atoms with E-state index in [1.807, 2.05) is 6.92 Å². The van der Waals surface area contributed by atoms with Crippen LogP contribution in [0.4, 0.5) is 0 Å². The van der Waals surface area contributed by atoms with E-state index < -0.39 is 5.97 Å². The van der Waals surface area contributed by atoms with Crippen molar-refractivity contribution >= 4 is 5.97 Å². The summed E-state index contributed by atoms with van der Waals surface area (Å²) in [4.78, 5) is 13.4. The summed E-state index contributed by atoms with van der Waals surface area (Å²) in [6.45, 7) is 9.34. The van der Waals surface area contributed by atoms with E-state index in [2.05, 4.69) is 25.7 Å². The van der Waals surface area contributed by atoms with Crippen LogP contribution in [0.15, 0.2) is 0 Å². The first-order chi connectivity index (χ1) is 7.58. The number of aliphatic carboxylic acids is 1. The minimum absolute atomic E-state index is 0.300. The Balaban J connectivity index is 4.59. The number of nitrogens with zero attached hydrogens (tertiary/aromatic N) is 1. The molecule has 0 fully saturated rings. The van der Waals surface area contributed by atoms with Gasteiger partial charge in [0.15, 0.2) is 0 Å². The molecule has 0 aliphatic heterocycles. The first-order valence-electron chi connectivity index (χ1n) is 6.56. The summed E-state index contributed by atoms with van der Waals surface area (Å²) in [6, 6.07) is 0.0608. The first-order valence-corrected chi connectivity index (χ1v) is 6.56. The van der Waals surface area contributed by atoms with Gasteiger partial charge in [-0.05, 0) is 32.7 Å². The van der Waals surface area contributed by atoms with Crippen molar-refractivity contribution in [2.75, 3.05) is 6.54 Å². The minimum Gasteiger partial charge on any atom is -0.480 e. The summed E-state index contributed by atoms with van der Waals surface area (Å²) in [5, 5.41) is 9.28. The molecule has 0 rings (SSSR count). The van der Waals surface area contributed by atoms with Gasteiger partial charge in [-0.2, -0.15) is 0 Å². The number of hydrogen-bond acceptors (Lipinski definition) is 2. The number of hydrogen-bond donors (Lipinski definition) is 1. The van der Waals surface area contributed by atoms with E-state index in [1.165, 1.54) is 0 Å². The molecule has 0 bridgehead atoms. The second-order valence-electron chi connectivity index (χ2n) is 4.49. The largest absolute Gasteiger partial charge is 0.480 e. The number of rotatable bonds is 9.